The Bertz CT molecular complexity index is 479. The zero-order valence-corrected chi connectivity index (χ0v) is 10.4. The lowest BCUT2D eigenvalue weighted by Gasteiger charge is -2.17. The van der Waals surface area contributed by atoms with Gasteiger partial charge in [0.2, 0.25) is 0 Å². The van der Waals surface area contributed by atoms with Crippen molar-refractivity contribution in [1.82, 2.24) is 0 Å². The van der Waals surface area contributed by atoms with E-state index in [2.05, 4.69) is 47.2 Å². The number of aryl methyl sites for hydroxylation is 1. The first-order chi connectivity index (χ1) is 8.36. The van der Waals surface area contributed by atoms with Gasteiger partial charge in [-0.2, -0.15) is 0 Å². The molecule has 0 spiro atoms. The van der Waals surface area contributed by atoms with Gasteiger partial charge in [0, 0.05) is 11.6 Å². The molecule has 2 rings (SSSR count). The first kappa shape index (κ1) is 14.6. The van der Waals surface area contributed by atoms with Gasteiger partial charge in [0.1, 0.15) is 7.05 Å². The van der Waals surface area contributed by atoms with Crippen molar-refractivity contribution in [3.63, 3.8) is 0 Å². The summed E-state index contributed by atoms with van der Waals surface area (Å²) in [5, 5.41) is 0. The molecule has 0 fully saturated rings. The maximum atomic E-state index is 8.49. The van der Waals surface area contributed by atoms with Crippen LogP contribution >= 0.6 is 0 Å². The standard InChI is InChI=1S/C12H12N.ClHO4/c1-13-9-5-8-12(10-13)11-6-3-2-4-7-11;2-1(3,4)5/h2-10H,1H3;(H,2,3,4,5)/q+1;/p-1. The third-order valence-electron chi connectivity index (χ3n) is 2.05. The van der Waals surface area contributed by atoms with Crippen LogP contribution < -0.4 is 23.2 Å². The molecule has 96 valence electrons. The van der Waals surface area contributed by atoms with Crippen LogP contribution in [0.4, 0.5) is 0 Å². The number of rotatable bonds is 1. The maximum absolute atomic E-state index is 8.49. The third-order valence-corrected chi connectivity index (χ3v) is 2.05. The molecule has 0 aliphatic heterocycles. The lowest BCUT2D eigenvalue weighted by atomic mass is 10.1. The molecule has 0 saturated carbocycles. The Morgan fingerprint density at radius 3 is 1.83 bits per heavy atom. The van der Waals surface area contributed by atoms with Gasteiger partial charge in [0.05, 0.1) is 0 Å². The van der Waals surface area contributed by atoms with E-state index in [0.29, 0.717) is 0 Å². The number of hydrogen-bond acceptors (Lipinski definition) is 4. The van der Waals surface area contributed by atoms with Crippen LogP contribution in [0.15, 0.2) is 54.9 Å². The van der Waals surface area contributed by atoms with E-state index in [1.807, 2.05) is 19.3 Å². The van der Waals surface area contributed by atoms with Gasteiger partial charge in [-0.25, -0.2) is 23.2 Å². The molecule has 0 saturated heterocycles. The van der Waals surface area contributed by atoms with Gasteiger partial charge in [-0.1, -0.05) is 30.3 Å². The van der Waals surface area contributed by atoms with Crippen molar-refractivity contribution >= 4 is 0 Å². The molecular weight excluding hydrogens is 258 g/mol. The molecule has 1 aromatic carbocycles. The van der Waals surface area contributed by atoms with E-state index in [1.54, 1.807) is 0 Å². The Morgan fingerprint density at radius 1 is 0.833 bits per heavy atom. The molecule has 1 heterocycles. The van der Waals surface area contributed by atoms with E-state index >= 15 is 0 Å². The van der Waals surface area contributed by atoms with Crippen molar-refractivity contribution in [2.45, 2.75) is 0 Å². The van der Waals surface area contributed by atoms with E-state index in [0.717, 1.165) is 0 Å². The lowest BCUT2D eigenvalue weighted by molar-refractivity contribution is -2.00. The second-order valence-electron chi connectivity index (χ2n) is 3.50. The number of aromatic nitrogens is 1. The highest BCUT2D eigenvalue weighted by atomic mass is 35.7. The number of halogens is 1. The van der Waals surface area contributed by atoms with Gasteiger partial charge in [-0.3, -0.25) is 0 Å². The minimum atomic E-state index is -4.94. The summed E-state index contributed by atoms with van der Waals surface area (Å²) in [7, 11) is -2.91. The van der Waals surface area contributed by atoms with Crippen LogP contribution in [0.2, 0.25) is 0 Å². The van der Waals surface area contributed by atoms with Crippen LogP contribution in [-0.4, -0.2) is 0 Å². The van der Waals surface area contributed by atoms with Crippen LogP contribution in [0.5, 0.6) is 0 Å². The Hall–Kier alpha value is -1.50. The van der Waals surface area contributed by atoms with E-state index in [1.165, 1.54) is 11.1 Å². The third kappa shape index (κ3) is 6.29. The van der Waals surface area contributed by atoms with Crippen molar-refractivity contribution in [2.75, 3.05) is 0 Å². The van der Waals surface area contributed by atoms with Crippen LogP contribution in [0.25, 0.3) is 11.1 Å². The summed E-state index contributed by atoms with van der Waals surface area (Å²) >= 11 is 0. The quantitative estimate of drug-likeness (QED) is 0.531. The van der Waals surface area contributed by atoms with E-state index in [-0.39, 0.29) is 0 Å². The largest absolute Gasteiger partial charge is 0.222 e. The van der Waals surface area contributed by atoms with Crippen molar-refractivity contribution in [3.8, 4) is 11.1 Å². The highest BCUT2D eigenvalue weighted by Crippen LogP contribution is 2.15. The number of hydrogen-bond donors (Lipinski definition) is 0. The smallest absolute Gasteiger partial charge is 0.176 e. The van der Waals surface area contributed by atoms with Crippen molar-refractivity contribution < 1.29 is 33.4 Å². The molecule has 6 heteroatoms. The molecule has 0 bridgehead atoms. The van der Waals surface area contributed by atoms with Gasteiger partial charge in [0.25, 0.3) is 0 Å². The van der Waals surface area contributed by atoms with Gasteiger partial charge < -0.3 is 0 Å². The molecule has 0 radical (unpaired) electrons. The average Bonchev–Trinajstić information content (AvgIpc) is 2.28. The second-order valence-corrected chi connectivity index (χ2v) is 4.26. The zero-order valence-electron chi connectivity index (χ0n) is 9.65. The lowest BCUT2D eigenvalue weighted by Crippen LogP contribution is -2.68. The molecule has 5 nitrogen and oxygen atoms in total. The van der Waals surface area contributed by atoms with Crippen LogP contribution in [0, 0.1) is 10.2 Å². The highest BCUT2D eigenvalue weighted by Gasteiger charge is 1.99. The maximum Gasteiger partial charge on any atom is 0.176 e. The molecule has 2 aromatic rings. The summed E-state index contributed by atoms with van der Waals surface area (Å²) in [6.07, 6.45) is 4.15. The predicted octanol–water partition coefficient (Wildman–Crippen LogP) is -2.58. The van der Waals surface area contributed by atoms with Gasteiger partial charge in [-0.05, 0) is 11.6 Å². The summed E-state index contributed by atoms with van der Waals surface area (Å²) in [4.78, 5) is 0. The average molecular weight is 270 g/mol. The Morgan fingerprint density at radius 2 is 1.33 bits per heavy atom. The normalized spacial score (nSPS) is 10.5. The van der Waals surface area contributed by atoms with Gasteiger partial charge >= 0.3 is 0 Å². The molecule has 1 aromatic heterocycles. The fraction of sp³-hybridized carbons (Fsp3) is 0.0833. The van der Waals surface area contributed by atoms with E-state index < -0.39 is 10.2 Å². The molecule has 0 atom stereocenters. The summed E-state index contributed by atoms with van der Waals surface area (Å²) < 4.78 is 36.0. The molecule has 0 amide bonds. The first-order valence-corrected chi connectivity index (χ1v) is 6.22. The number of pyridine rings is 1. The van der Waals surface area contributed by atoms with Crippen molar-refractivity contribution in [2.24, 2.45) is 7.05 Å². The molecular formula is C12H12ClNO4. The highest BCUT2D eigenvalue weighted by molar-refractivity contribution is 5.61. The van der Waals surface area contributed by atoms with Gasteiger partial charge in [0.15, 0.2) is 12.4 Å². The monoisotopic (exact) mass is 269 g/mol. The summed E-state index contributed by atoms with van der Waals surface area (Å²) in [6.45, 7) is 0. The second kappa shape index (κ2) is 6.44. The van der Waals surface area contributed by atoms with Crippen LogP contribution in [0.3, 0.4) is 0 Å². The fourth-order valence-corrected chi connectivity index (χ4v) is 1.39. The number of benzene rings is 1. The predicted molar refractivity (Wildman–Crippen MR) is 53.1 cm³/mol. The van der Waals surface area contributed by atoms with E-state index in [9.17, 15) is 0 Å². The SMILES string of the molecule is C[n+]1cccc(-c2ccccc2)c1.[O-][Cl+3]([O-])([O-])[O-]. The molecule has 0 N–H and O–H groups in total. The Labute approximate surface area is 107 Å². The fourth-order valence-electron chi connectivity index (χ4n) is 1.39. The van der Waals surface area contributed by atoms with Gasteiger partial charge in [-0.15, -0.1) is 10.2 Å². The topological polar surface area (TPSA) is 96.1 Å². The first-order valence-electron chi connectivity index (χ1n) is 4.99. The minimum absolute atomic E-state index is 1.26. The van der Waals surface area contributed by atoms with E-state index in [4.69, 9.17) is 18.6 Å². The summed E-state index contributed by atoms with van der Waals surface area (Å²) in [5.41, 5.74) is 2.52. The Kier molecular flexibility index (Phi) is 5.21. The van der Waals surface area contributed by atoms with Crippen LogP contribution in [-0.2, 0) is 7.05 Å². The number of nitrogens with zero attached hydrogens (tertiary/aromatic N) is 1. The zero-order chi connectivity index (χ0) is 13.6. The molecule has 0 unspecified atom stereocenters. The summed E-state index contributed by atoms with van der Waals surface area (Å²) in [5.74, 6) is 0. The minimum Gasteiger partial charge on any atom is -0.222 e. The molecule has 18 heavy (non-hydrogen) atoms. The van der Waals surface area contributed by atoms with Crippen molar-refractivity contribution in [1.29, 1.82) is 0 Å². The van der Waals surface area contributed by atoms with Crippen molar-refractivity contribution in [3.05, 3.63) is 54.9 Å². The molecule has 0 aliphatic rings. The molecule has 0 aliphatic carbocycles. The summed E-state index contributed by atoms with van der Waals surface area (Å²) in [6, 6.07) is 14.6. The van der Waals surface area contributed by atoms with Crippen LogP contribution in [0.1, 0.15) is 0 Å². The Balaban J connectivity index is 0.000000280.